The second-order valence-corrected chi connectivity index (χ2v) is 5.92. The first-order valence-electron chi connectivity index (χ1n) is 5.36. The van der Waals surface area contributed by atoms with Crippen LogP contribution in [0.4, 0.5) is 0 Å². The van der Waals surface area contributed by atoms with Gasteiger partial charge >= 0.3 is 0 Å². The third kappa shape index (κ3) is 4.44. The smallest absolute Gasteiger partial charge is 0.259 e. The van der Waals surface area contributed by atoms with Gasteiger partial charge in [-0.1, -0.05) is 30.3 Å². The van der Waals surface area contributed by atoms with Crippen molar-refractivity contribution in [2.75, 3.05) is 19.3 Å². The van der Waals surface area contributed by atoms with Gasteiger partial charge in [0.15, 0.2) is 0 Å². The van der Waals surface area contributed by atoms with Gasteiger partial charge in [-0.3, -0.25) is 10.0 Å². The molecule has 0 aliphatic carbocycles. The number of sulfonamides is 1. The number of hydrogen-bond donors (Lipinski definition) is 2. The van der Waals surface area contributed by atoms with Gasteiger partial charge in [-0.2, -0.15) is 0 Å². The Morgan fingerprint density at radius 3 is 2.50 bits per heavy atom. The molecule has 100 valence electrons. The molecule has 1 aromatic carbocycles. The van der Waals surface area contributed by atoms with Crippen LogP contribution >= 0.6 is 0 Å². The average molecular weight is 272 g/mol. The molecule has 0 heterocycles. The summed E-state index contributed by atoms with van der Waals surface area (Å²) in [5.74, 6) is -1.70. The van der Waals surface area contributed by atoms with Crippen molar-refractivity contribution < 1.29 is 18.4 Å². The van der Waals surface area contributed by atoms with Crippen LogP contribution in [0.3, 0.4) is 0 Å². The molecule has 0 aliphatic heterocycles. The zero-order chi connectivity index (χ0) is 13.6. The van der Waals surface area contributed by atoms with Crippen molar-refractivity contribution in [1.82, 2.24) is 9.79 Å². The van der Waals surface area contributed by atoms with E-state index in [1.807, 2.05) is 30.3 Å². The summed E-state index contributed by atoms with van der Waals surface area (Å²) in [4.78, 5) is 10.8. The van der Waals surface area contributed by atoms with Gasteiger partial charge in [-0.25, -0.2) is 18.2 Å². The Labute approximate surface area is 106 Å². The van der Waals surface area contributed by atoms with E-state index in [1.165, 1.54) is 12.5 Å². The Morgan fingerprint density at radius 1 is 1.33 bits per heavy atom. The maximum atomic E-state index is 11.7. The molecule has 6 nitrogen and oxygen atoms in total. The van der Waals surface area contributed by atoms with Gasteiger partial charge in [0.2, 0.25) is 10.0 Å². The Balaban J connectivity index is 2.55. The van der Waals surface area contributed by atoms with Crippen LogP contribution in [0.1, 0.15) is 5.56 Å². The lowest BCUT2D eigenvalue weighted by atomic mass is 10.2. The van der Waals surface area contributed by atoms with E-state index < -0.39 is 21.7 Å². The molecule has 2 N–H and O–H groups in total. The number of benzene rings is 1. The molecule has 7 heteroatoms. The molecule has 0 aromatic heterocycles. The molecule has 0 saturated carbocycles. The number of hydrogen-bond acceptors (Lipinski definition) is 4. The SMILES string of the molecule is CN(CCc1ccccc1)S(=O)(=O)CC(=O)NO. The molecule has 1 rings (SSSR count). The van der Waals surface area contributed by atoms with Crippen molar-refractivity contribution in [1.29, 1.82) is 0 Å². The second kappa shape index (κ2) is 6.48. The Hall–Kier alpha value is -1.44. The highest BCUT2D eigenvalue weighted by molar-refractivity contribution is 7.89. The Kier molecular flexibility index (Phi) is 5.26. The predicted octanol–water partition coefficient (Wildman–Crippen LogP) is -0.00390. The number of hydroxylamine groups is 1. The minimum absolute atomic E-state index is 0.283. The number of rotatable bonds is 6. The normalized spacial score (nSPS) is 11.5. The molecule has 1 amide bonds. The van der Waals surface area contributed by atoms with E-state index >= 15 is 0 Å². The van der Waals surface area contributed by atoms with Crippen LogP contribution in [0.15, 0.2) is 30.3 Å². The quantitative estimate of drug-likeness (QED) is 0.563. The van der Waals surface area contributed by atoms with Crippen molar-refractivity contribution in [3.05, 3.63) is 35.9 Å². The molecule has 0 unspecified atom stereocenters. The van der Waals surface area contributed by atoms with Gasteiger partial charge < -0.3 is 0 Å². The highest BCUT2D eigenvalue weighted by Gasteiger charge is 2.21. The summed E-state index contributed by atoms with van der Waals surface area (Å²) in [5, 5.41) is 8.31. The molecule has 1 aromatic rings. The lowest BCUT2D eigenvalue weighted by Crippen LogP contribution is -2.37. The van der Waals surface area contributed by atoms with Crippen LogP contribution in [0, 0.1) is 0 Å². The fourth-order valence-corrected chi connectivity index (χ4v) is 2.36. The fraction of sp³-hybridized carbons (Fsp3) is 0.364. The Morgan fingerprint density at radius 2 is 1.94 bits per heavy atom. The predicted molar refractivity (Wildman–Crippen MR) is 66.5 cm³/mol. The lowest BCUT2D eigenvalue weighted by molar-refractivity contribution is -0.126. The number of carbonyl (C=O) groups excluding carboxylic acids is 1. The van der Waals surface area contributed by atoms with Crippen molar-refractivity contribution in [2.24, 2.45) is 0 Å². The molecule has 0 fully saturated rings. The first-order chi connectivity index (χ1) is 8.45. The molecule has 0 spiro atoms. The van der Waals surface area contributed by atoms with E-state index in [0.29, 0.717) is 6.42 Å². The highest BCUT2D eigenvalue weighted by Crippen LogP contribution is 2.04. The van der Waals surface area contributed by atoms with E-state index in [4.69, 9.17) is 5.21 Å². The molecule has 0 saturated heterocycles. The zero-order valence-electron chi connectivity index (χ0n) is 10.0. The first kappa shape index (κ1) is 14.6. The van der Waals surface area contributed by atoms with Gasteiger partial charge in [-0.05, 0) is 12.0 Å². The third-order valence-electron chi connectivity index (χ3n) is 2.47. The molecular weight excluding hydrogens is 256 g/mol. The first-order valence-corrected chi connectivity index (χ1v) is 6.97. The van der Waals surface area contributed by atoms with E-state index in [2.05, 4.69) is 0 Å². The van der Waals surface area contributed by atoms with Gasteiger partial charge in [0, 0.05) is 13.6 Å². The maximum absolute atomic E-state index is 11.7. The third-order valence-corrected chi connectivity index (χ3v) is 4.23. The van der Waals surface area contributed by atoms with E-state index in [1.54, 1.807) is 0 Å². The standard InChI is InChI=1S/C11H16N2O4S/c1-13(18(16,17)9-11(14)12-15)8-7-10-5-3-2-4-6-10/h2-6,15H,7-9H2,1H3,(H,12,14). The van der Waals surface area contributed by atoms with Crippen LogP contribution in [0.2, 0.25) is 0 Å². The summed E-state index contributed by atoms with van der Waals surface area (Å²) >= 11 is 0. The molecule has 18 heavy (non-hydrogen) atoms. The van der Waals surface area contributed by atoms with E-state index in [-0.39, 0.29) is 6.54 Å². The monoisotopic (exact) mass is 272 g/mol. The Bertz CT molecular complexity index is 487. The largest absolute Gasteiger partial charge is 0.289 e. The molecular formula is C11H16N2O4S. The van der Waals surface area contributed by atoms with Crippen LogP contribution in [0.25, 0.3) is 0 Å². The van der Waals surface area contributed by atoms with E-state index in [9.17, 15) is 13.2 Å². The minimum Gasteiger partial charge on any atom is -0.289 e. The highest BCUT2D eigenvalue weighted by atomic mass is 32.2. The molecule has 0 radical (unpaired) electrons. The summed E-state index contributed by atoms with van der Waals surface area (Å²) in [6.45, 7) is 0.283. The summed E-state index contributed by atoms with van der Waals surface area (Å²) < 4.78 is 24.5. The zero-order valence-corrected chi connectivity index (χ0v) is 10.9. The second-order valence-electron chi connectivity index (χ2n) is 3.85. The number of nitrogens with zero attached hydrogens (tertiary/aromatic N) is 1. The molecule has 0 bridgehead atoms. The summed E-state index contributed by atoms with van der Waals surface area (Å²) in [7, 11) is -2.27. The number of nitrogens with one attached hydrogen (secondary N) is 1. The maximum Gasteiger partial charge on any atom is 0.259 e. The number of amides is 1. The lowest BCUT2D eigenvalue weighted by Gasteiger charge is -2.16. The topological polar surface area (TPSA) is 86.7 Å². The van der Waals surface area contributed by atoms with Crippen molar-refractivity contribution in [3.63, 3.8) is 0 Å². The number of carbonyl (C=O) groups is 1. The van der Waals surface area contributed by atoms with Gasteiger partial charge in [0.25, 0.3) is 5.91 Å². The van der Waals surface area contributed by atoms with E-state index in [0.717, 1.165) is 9.87 Å². The fourth-order valence-electron chi connectivity index (χ4n) is 1.38. The summed E-state index contributed by atoms with van der Waals surface area (Å²) in [5.41, 5.74) is 2.32. The van der Waals surface area contributed by atoms with Crippen molar-refractivity contribution in [3.8, 4) is 0 Å². The van der Waals surface area contributed by atoms with Crippen molar-refractivity contribution >= 4 is 15.9 Å². The van der Waals surface area contributed by atoms with Crippen LogP contribution in [0.5, 0.6) is 0 Å². The van der Waals surface area contributed by atoms with Gasteiger partial charge in [0.1, 0.15) is 5.75 Å². The van der Waals surface area contributed by atoms with Gasteiger partial charge in [-0.15, -0.1) is 0 Å². The van der Waals surface area contributed by atoms with Crippen LogP contribution in [-0.4, -0.2) is 43.2 Å². The van der Waals surface area contributed by atoms with Crippen LogP contribution < -0.4 is 5.48 Å². The minimum atomic E-state index is -3.68. The van der Waals surface area contributed by atoms with Gasteiger partial charge in [0.05, 0.1) is 0 Å². The van der Waals surface area contributed by atoms with Crippen molar-refractivity contribution in [2.45, 2.75) is 6.42 Å². The molecule has 0 aliphatic rings. The van der Waals surface area contributed by atoms with Crippen LogP contribution in [-0.2, 0) is 21.2 Å². The summed E-state index contributed by atoms with van der Waals surface area (Å²) in [6.07, 6.45) is 0.567. The summed E-state index contributed by atoms with van der Waals surface area (Å²) in [6, 6.07) is 9.45. The number of likely N-dealkylation sites (N-methyl/N-ethyl adjacent to an activating group) is 1. The molecule has 0 atom stereocenters. The average Bonchev–Trinajstić information content (AvgIpc) is 2.36.